The van der Waals surface area contributed by atoms with E-state index in [1.54, 1.807) is 14.2 Å². The summed E-state index contributed by atoms with van der Waals surface area (Å²) < 4.78 is 31.6. The van der Waals surface area contributed by atoms with E-state index < -0.39 is 34.2 Å². The molecular formula is C24H50O5Si4. The summed E-state index contributed by atoms with van der Waals surface area (Å²) in [5.41, 5.74) is 0. The Bertz CT molecular complexity index is 724. The molecule has 5 nitrogen and oxygen atoms in total. The van der Waals surface area contributed by atoms with Crippen LogP contribution < -0.4 is 10.4 Å². The first-order valence-corrected chi connectivity index (χ1v) is 20.0. The summed E-state index contributed by atoms with van der Waals surface area (Å²) in [6.45, 7) is 12.6. The Morgan fingerprint density at radius 2 is 0.879 bits per heavy atom. The van der Waals surface area contributed by atoms with Gasteiger partial charge in [-0.25, -0.2) is 0 Å². The average Bonchev–Trinajstić information content (AvgIpc) is 2.67. The van der Waals surface area contributed by atoms with Gasteiger partial charge in [-0.1, -0.05) is 90.4 Å². The van der Waals surface area contributed by atoms with E-state index in [9.17, 15) is 0 Å². The molecule has 0 aromatic heterocycles. The molecule has 0 unspecified atom stereocenters. The molecule has 0 heterocycles. The largest absolute Gasteiger partial charge is 0.488 e. The van der Waals surface area contributed by atoms with E-state index in [2.05, 4.69) is 43.9 Å². The maximum absolute atomic E-state index is 7.02. The summed E-state index contributed by atoms with van der Waals surface area (Å²) in [5.74, 6) is 0. The van der Waals surface area contributed by atoms with Gasteiger partial charge in [-0.3, -0.25) is 0 Å². The quantitative estimate of drug-likeness (QED) is 0.340. The molecule has 2 aromatic rings. The molecule has 33 heavy (non-hydrogen) atoms. The van der Waals surface area contributed by atoms with Crippen molar-refractivity contribution >= 4 is 44.6 Å². The van der Waals surface area contributed by atoms with Crippen molar-refractivity contribution in [1.29, 1.82) is 0 Å². The Morgan fingerprint density at radius 1 is 0.515 bits per heavy atom. The van der Waals surface area contributed by atoms with Crippen molar-refractivity contribution in [3.63, 3.8) is 0 Å². The fourth-order valence-electron chi connectivity index (χ4n) is 3.15. The summed E-state index contributed by atoms with van der Waals surface area (Å²) >= 11 is 0. The highest BCUT2D eigenvalue weighted by atomic mass is 28.5. The smallest absolute Gasteiger partial charge is 0.430 e. The van der Waals surface area contributed by atoms with Crippen LogP contribution in [0.15, 0.2) is 60.7 Å². The molecule has 0 saturated carbocycles. The second-order valence-electron chi connectivity index (χ2n) is 8.44. The van der Waals surface area contributed by atoms with Gasteiger partial charge in [-0.2, -0.15) is 0 Å². The van der Waals surface area contributed by atoms with Gasteiger partial charge in [0.2, 0.25) is 0 Å². The Balaban J connectivity index is -0.00000225. The van der Waals surface area contributed by atoms with Crippen molar-refractivity contribution < 1.29 is 21.2 Å². The van der Waals surface area contributed by atoms with Gasteiger partial charge in [-0.15, -0.1) is 0 Å². The Hall–Kier alpha value is -0.892. The monoisotopic (exact) mass is 530 g/mol. The molecular weight excluding hydrogens is 481 g/mol. The van der Waals surface area contributed by atoms with Crippen LogP contribution in [-0.2, 0) is 21.2 Å². The van der Waals surface area contributed by atoms with E-state index in [1.165, 1.54) is 0 Å². The maximum Gasteiger partial charge on any atom is 0.488 e. The first-order chi connectivity index (χ1) is 13.5. The summed E-state index contributed by atoms with van der Waals surface area (Å²) in [6, 6.07) is 20.6. The van der Waals surface area contributed by atoms with Gasteiger partial charge < -0.3 is 21.2 Å². The molecule has 0 radical (unpaired) electrons. The molecule has 0 amide bonds. The topological polar surface area (TPSA) is 46.2 Å². The first-order valence-electron chi connectivity index (χ1n) is 9.77. The second-order valence-corrected chi connectivity index (χ2v) is 22.8. The van der Waals surface area contributed by atoms with Gasteiger partial charge >= 0.3 is 25.9 Å². The number of rotatable bonds is 10. The number of benzene rings is 2. The van der Waals surface area contributed by atoms with E-state index in [-0.39, 0.29) is 29.7 Å². The van der Waals surface area contributed by atoms with Gasteiger partial charge in [0, 0.05) is 20.8 Å². The summed E-state index contributed by atoms with van der Waals surface area (Å²) in [7, 11) is -7.26. The van der Waals surface area contributed by atoms with E-state index >= 15 is 0 Å². The molecule has 0 bridgehead atoms. The predicted octanol–water partition coefficient (Wildman–Crippen LogP) is 6.24. The third-order valence-electron chi connectivity index (χ3n) is 4.32. The molecule has 0 fully saturated rings. The minimum Gasteiger partial charge on any atom is -0.430 e. The summed E-state index contributed by atoms with van der Waals surface area (Å²) in [6.07, 6.45) is 0. The van der Waals surface area contributed by atoms with Gasteiger partial charge in [0.05, 0.1) is 0 Å². The molecule has 0 spiro atoms. The fourth-order valence-corrected chi connectivity index (χ4v) is 18.3. The van der Waals surface area contributed by atoms with E-state index in [0.29, 0.717) is 0 Å². The molecule has 0 aliphatic rings. The SMILES string of the molecule is C.C.C.C.CO[Si](C)(OC)O[Si](C)(C)O[Si](O[Si](C)(C)C)(c1ccccc1)c1ccccc1. The zero-order valence-corrected chi connectivity index (χ0v) is 22.8. The molecule has 0 aliphatic heterocycles. The van der Waals surface area contributed by atoms with Crippen molar-refractivity contribution in [2.75, 3.05) is 14.2 Å². The Morgan fingerprint density at radius 3 is 1.18 bits per heavy atom. The van der Waals surface area contributed by atoms with Crippen LogP contribution >= 0.6 is 0 Å². The van der Waals surface area contributed by atoms with Gasteiger partial charge in [-0.05, 0) is 43.1 Å². The molecule has 0 aliphatic carbocycles. The lowest BCUT2D eigenvalue weighted by atomic mass is 10.4. The van der Waals surface area contributed by atoms with E-state index in [1.807, 2.05) is 56.0 Å². The van der Waals surface area contributed by atoms with Crippen LogP contribution in [0.25, 0.3) is 0 Å². The first kappa shape index (κ1) is 36.7. The zero-order chi connectivity index (χ0) is 21.8. The lowest BCUT2D eigenvalue weighted by Crippen LogP contribution is -2.71. The van der Waals surface area contributed by atoms with Crippen LogP contribution in [-0.4, -0.2) is 48.5 Å². The van der Waals surface area contributed by atoms with Crippen LogP contribution in [0.1, 0.15) is 29.7 Å². The molecule has 2 aromatic carbocycles. The van der Waals surface area contributed by atoms with Crippen molar-refractivity contribution in [1.82, 2.24) is 0 Å². The van der Waals surface area contributed by atoms with Gasteiger partial charge in [0.1, 0.15) is 0 Å². The standard InChI is InChI=1S/C20H34O5Si4.4CH4/c1-21-28(8,22-2)24-27(6,7)25-29(23-26(3,4)5,19-15-11-9-12-16-19)20-17-13-10-14-18-20;;;;/h9-18H,1-8H3;4*1H4. The van der Waals surface area contributed by atoms with E-state index in [0.717, 1.165) is 10.4 Å². The average molecular weight is 531 g/mol. The highest BCUT2D eigenvalue weighted by Gasteiger charge is 2.52. The third kappa shape index (κ3) is 10.1. The van der Waals surface area contributed by atoms with Crippen LogP contribution in [0, 0.1) is 0 Å². The van der Waals surface area contributed by atoms with Crippen LogP contribution in [0.3, 0.4) is 0 Å². The Labute approximate surface area is 209 Å². The summed E-state index contributed by atoms with van der Waals surface area (Å²) in [5, 5.41) is 2.16. The minimum atomic E-state index is -3.03. The summed E-state index contributed by atoms with van der Waals surface area (Å²) in [4.78, 5) is 0. The minimum absolute atomic E-state index is 0. The Kier molecular flexibility index (Phi) is 16.1. The second kappa shape index (κ2) is 14.5. The fraction of sp³-hybridized carbons (Fsp3) is 0.500. The molecule has 0 saturated heterocycles. The van der Waals surface area contributed by atoms with Crippen LogP contribution in [0.4, 0.5) is 0 Å². The van der Waals surface area contributed by atoms with Gasteiger partial charge in [0.15, 0.2) is 8.32 Å². The van der Waals surface area contributed by atoms with Crippen LogP contribution in [0.5, 0.6) is 0 Å². The molecule has 0 atom stereocenters. The normalized spacial score (nSPS) is 11.9. The molecule has 2 rings (SSSR count). The highest BCUT2D eigenvalue weighted by molar-refractivity contribution is 7.02. The zero-order valence-electron chi connectivity index (χ0n) is 18.8. The highest BCUT2D eigenvalue weighted by Crippen LogP contribution is 2.25. The van der Waals surface area contributed by atoms with E-state index in [4.69, 9.17) is 21.2 Å². The van der Waals surface area contributed by atoms with Gasteiger partial charge in [0.25, 0.3) is 0 Å². The lowest BCUT2D eigenvalue weighted by molar-refractivity contribution is 0.152. The maximum atomic E-state index is 7.02. The van der Waals surface area contributed by atoms with Crippen molar-refractivity contribution in [2.24, 2.45) is 0 Å². The van der Waals surface area contributed by atoms with Crippen molar-refractivity contribution in [3.05, 3.63) is 60.7 Å². The van der Waals surface area contributed by atoms with Crippen LogP contribution in [0.2, 0.25) is 39.3 Å². The molecule has 0 N–H and O–H groups in total. The number of hydrogen-bond acceptors (Lipinski definition) is 5. The molecule has 9 heteroatoms. The number of hydrogen-bond donors (Lipinski definition) is 0. The van der Waals surface area contributed by atoms with Crippen molar-refractivity contribution in [3.8, 4) is 0 Å². The van der Waals surface area contributed by atoms with Crippen molar-refractivity contribution in [2.45, 2.75) is 69.0 Å². The third-order valence-corrected chi connectivity index (χ3v) is 18.2. The lowest BCUT2D eigenvalue weighted by Gasteiger charge is -2.43. The molecule has 192 valence electrons. The predicted molar refractivity (Wildman–Crippen MR) is 155 cm³/mol.